The van der Waals surface area contributed by atoms with Gasteiger partial charge in [-0.15, -0.1) is 0 Å². The van der Waals surface area contributed by atoms with E-state index in [4.69, 9.17) is 5.26 Å². The van der Waals surface area contributed by atoms with Crippen molar-refractivity contribution < 1.29 is 13.2 Å². The first kappa shape index (κ1) is 12.5. The molecule has 0 saturated heterocycles. The molecule has 1 rings (SSSR count). The quantitative estimate of drug-likeness (QED) is 0.591. The van der Waals surface area contributed by atoms with E-state index in [0.717, 1.165) is 0 Å². The molecular weight excluding hydrogens is 191 g/mol. The Hall–Kier alpha value is -1.50. The van der Waals surface area contributed by atoms with Crippen LogP contribution in [0.4, 0.5) is 13.2 Å². The molecule has 0 radical (unpaired) electrons. The van der Waals surface area contributed by atoms with Gasteiger partial charge in [0.15, 0.2) is 11.6 Å². The number of hydrogen-bond acceptors (Lipinski definition) is 1. The van der Waals surface area contributed by atoms with Crippen molar-refractivity contribution >= 4 is 0 Å². The summed E-state index contributed by atoms with van der Waals surface area (Å²) < 4.78 is 37.8. The number of nitrogens with zero attached hydrogens (tertiary/aromatic N) is 1. The lowest BCUT2D eigenvalue weighted by atomic mass is 10.1. The zero-order valence-corrected chi connectivity index (χ0v) is 8.16. The second-order valence-electron chi connectivity index (χ2n) is 2.27. The number of benzene rings is 1. The van der Waals surface area contributed by atoms with Gasteiger partial charge in [-0.05, 0) is 6.92 Å². The Bertz CT molecular complexity index is 340. The zero-order chi connectivity index (χ0) is 11.3. The maximum Gasteiger partial charge on any atom is 0.177 e. The van der Waals surface area contributed by atoms with Crippen LogP contribution in [0.1, 0.15) is 25.0 Å². The summed E-state index contributed by atoms with van der Waals surface area (Å²) in [4.78, 5) is 0. The predicted molar refractivity (Wildman–Crippen MR) is 47.1 cm³/mol. The molecule has 0 bridgehead atoms. The second kappa shape index (κ2) is 5.28. The van der Waals surface area contributed by atoms with E-state index in [1.54, 1.807) is 0 Å². The lowest BCUT2D eigenvalue weighted by Crippen LogP contribution is -1.97. The van der Waals surface area contributed by atoms with Gasteiger partial charge in [0, 0.05) is 11.6 Å². The Balaban J connectivity index is 0.000000791. The van der Waals surface area contributed by atoms with Crippen LogP contribution in [0.5, 0.6) is 0 Å². The fourth-order valence-electron chi connectivity index (χ4n) is 0.819. The van der Waals surface area contributed by atoms with Gasteiger partial charge < -0.3 is 0 Å². The summed E-state index contributed by atoms with van der Waals surface area (Å²) in [6, 6.07) is 1.81. The molecule has 1 aromatic rings. The Morgan fingerprint density at radius 3 is 2.07 bits per heavy atom. The minimum Gasteiger partial charge on any atom is -0.207 e. The molecule has 0 amide bonds. The standard InChI is InChI=1S/C8H4F3N.C2H6/c1-4-5(3-12)8(11)7(10)2-6(4)9;1-2/h2H,1H3;1-2H3. The Kier molecular flexibility index (Phi) is 4.71. The third kappa shape index (κ3) is 2.25. The lowest BCUT2D eigenvalue weighted by Gasteiger charge is -2.00. The van der Waals surface area contributed by atoms with Crippen LogP contribution in [0.25, 0.3) is 0 Å². The van der Waals surface area contributed by atoms with Crippen LogP contribution < -0.4 is 0 Å². The summed E-state index contributed by atoms with van der Waals surface area (Å²) in [5, 5.41) is 8.32. The van der Waals surface area contributed by atoms with Crippen molar-refractivity contribution in [1.29, 1.82) is 5.26 Å². The highest BCUT2D eigenvalue weighted by molar-refractivity contribution is 5.39. The molecule has 0 N–H and O–H groups in total. The average Bonchev–Trinajstić information content (AvgIpc) is 2.19. The van der Waals surface area contributed by atoms with Gasteiger partial charge in [0.2, 0.25) is 0 Å². The van der Waals surface area contributed by atoms with Gasteiger partial charge in [-0.25, -0.2) is 13.2 Å². The van der Waals surface area contributed by atoms with Crippen LogP contribution in [0.15, 0.2) is 6.07 Å². The number of halogens is 3. The van der Waals surface area contributed by atoms with E-state index in [1.165, 1.54) is 13.0 Å². The predicted octanol–water partition coefficient (Wildman–Crippen LogP) is 3.31. The summed E-state index contributed by atoms with van der Waals surface area (Å²) in [7, 11) is 0. The van der Waals surface area contributed by atoms with E-state index >= 15 is 0 Å². The Morgan fingerprint density at radius 2 is 1.64 bits per heavy atom. The molecule has 0 spiro atoms. The van der Waals surface area contributed by atoms with Crippen molar-refractivity contribution in [2.75, 3.05) is 0 Å². The van der Waals surface area contributed by atoms with Gasteiger partial charge in [0.1, 0.15) is 11.9 Å². The molecule has 0 aliphatic rings. The average molecular weight is 201 g/mol. The monoisotopic (exact) mass is 201 g/mol. The van der Waals surface area contributed by atoms with Gasteiger partial charge in [0.05, 0.1) is 5.56 Å². The summed E-state index contributed by atoms with van der Waals surface area (Å²) in [6.07, 6.45) is 0. The van der Waals surface area contributed by atoms with Crippen LogP contribution >= 0.6 is 0 Å². The van der Waals surface area contributed by atoms with Gasteiger partial charge in [-0.1, -0.05) is 13.8 Å². The Labute approximate surface area is 80.8 Å². The lowest BCUT2D eigenvalue weighted by molar-refractivity contribution is 0.489. The van der Waals surface area contributed by atoms with Gasteiger partial charge in [0.25, 0.3) is 0 Å². The van der Waals surface area contributed by atoms with E-state index in [1.807, 2.05) is 13.8 Å². The molecule has 1 nitrogen and oxygen atoms in total. The topological polar surface area (TPSA) is 23.8 Å². The molecule has 0 saturated carbocycles. The van der Waals surface area contributed by atoms with Crippen molar-refractivity contribution in [3.8, 4) is 6.07 Å². The summed E-state index contributed by atoms with van der Waals surface area (Å²) in [5.41, 5.74) is -0.746. The highest BCUT2D eigenvalue weighted by atomic mass is 19.2. The number of hydrogen-bond donors (Lipinski definition) is 0. The molecule has 14 heavy (non-hydrogen) atoms. The van der Waals surface area contributed by atoms with Crippen molar-refractivity contribution in [1.82, 2.24) is 0 Å². The fourth-order valence-corrected chi connectivity index (χ4v) is 0.819. The van der Waals surface area contributed by atoms with Crippen molar-refractivity contribution in [2.24, 2.45) is 0 Å². The highest BCUT2D eigenvalue weighted by Gasteiger charge is 2.14. The van der Waals surface area contributed by atoms with Crippen LogP contribution in [0.2, 0.25) is 0 Å². The second-order valence-corrected chi connectivity index (χ2v) is 2.27. The maximum atomic E-state index is 12.7. The first-order chi connectivity index (χ1) is 6.57. The molecule has 76 valence electrons. The molecule has 0 aliphatic heterocycles. The summed E-state index contributed by atoms with van der Waals surface area (Å²) in [6.45, 7) is 5.22. The first-order valence-corrected chi connectivity index (χ1v) is 4.12. The third-order valence-corrected chi connectivity index (χ3v) is 1.53. The molecule has 0 heterocycles. The molecular formula is C10H10F3N. The maximum absolute atomic E-state index is 12.7. The minimum absolute atomic E-state index is 0.170. The summed E-state index contributed by atoms with van der Waals surface area (Å²) >= 11 is 0. The molecule has 0 unspecified atom stereocenters. The SMILES string of the molecule is CC.Cc1c(F)cc(F)c(F)c1C#N. The van der Waals surface area contributed by atoms with E-state index in [2.05, 4.69) is 0 Å². The molecule has 0 atom stereocenters. The van der Waals surface area contributed by atoms with Crippen LogP contribution in [0, 0.1) is 35.7 Å². The van der Waals surface area contributed by atoms with Gasteiger partial charge in [-0.2, -0.15) is 5.26 Å². The first-order valence-electron chi connectivity index (χ1n) is 4.12. The molecule has 0 aliphatic carbocycles. The van der Waals surface area contributed by atoms with Crippen LogP contribution in [0.3, 0.4) is 0 Å². The van der Waals surface area contributed by atoms with E-state index in [-0.39, 0.29) is 5.56 Å². The largest absolute Gasteiger partial charge is 0.207 e. The normalized spacial score (nSPS) is 8.64. The highest BCUT2D eigenvalue weighted by Crippen LogP contribution is 2.18. The minimum atomic E-state index is -1.34. The van der Waals surface area contributed by atoms with Gasteiger partial charge in [-0.3, -0.25) is 0 Å². The fraction of sp³-hybridized carbons (Fsp3) is 0.300. The smallest absolute Gasteiger partial charge is 0.177 e. The van der Waals surface area contributed by atoms with Crippen LogP contribution in [-0.4, -0.2) is 0 Å². The van der Waals surface area contributed by atoms with Crippen molar-refractivity contribution in [3.63, 3.8) is 0 Å². The molecule has 1 aromatic carbocycles. The van der Waals surface area contributed by atoms with Crippen molar-refractivity contribution in [3.05, 3.63) is 34.6 Å². The van der Waals surface area contributed by atoms with E-state index in [0.29, 0.717) is 6.07 Å². The van der Waals surface area contributed by atoms with E-state index in [9.17, 15) is 13.2 Å². The number of nitriles is 1. The molecule has 0 fully saturated rings. The molecule has 4 heteroatoms. The summed E-state index contributed by atoms with van der Waals surface area (Å²) in [5.74, 6) is -3.54. The Morgan fingerprint density at radius 1 is 1.14 bits per heavy atom. The van der Waals surface area contributed by atoms with Crippen LogP contribution in [-0.2, 0) is 0 Å². The molecule has 0 aromatic heterocycles. The van der Waals surface area contributed by atoms with E-state index < -0.39 is 23.0 Å². The third-order valence-electron chi connectivity index (χ3n) is 1.53. The zero-order valence-electron chi connectivity index (χ0n) is 8.16. The van der Waals surface area contributed by atoms with Crippen molar-refractivity contribution in [2.45, 2.75) is 20.8 Å². The number of rotatable bonds is 0. The van der Waals surface area contributed by atoms with Gasteiger partial charge >= 0.3 is 0 Å².